The van der Waals surface area contributed by atoms with Crippen molar-refractivity contribution in [3.05, 3.63) is 0 Å². The Balaban J connectivity index is 4.95. The molecule has 0 saturated heterocycles. The molecule has 0 spiro atoms. The summed E-state index contributed by atoms with van der Waals surface area (Å²) >= 11 is 0. The summed E-state index contributed by atoms with van der Waals surface area (Å²) in [4.78, 5) is 12.2. The second kappa shape index (κ2) is 8.57. The molecule has 0 fully saturated rings. The minimum Gasteiger partial charge on any atom is -0.463 e. The zero-order chi connectivity index (χ0) is 14.9. The van der Waals surface area contributed by atoms with E-state index in [0.717, 1.165) is 38.5 Å². The third kappa shape index (κ3) is 5.13. The second-order valence-corrected chi connectivity index (χ2v) is 5.91. The van der Waals surface area contributed by atoms with E-state index in [0.29, 0.717) is 0 Å². The predicted molar refractivity (Wildman–Crippen MR) is 79.0 cm³/mol. The normalized spacial score (nSPS) is 15.1. The minimum atomic E-state index is -0.434. The van der Waals surface area contributed by atoms with Crippen LogP contribution in [0.3, 0.4) is 0 Å². The number of esters is 1. The van der Waals surface area contributed by atoms with Gasteiger partial charge < -0.3 is 9.84 Å². The fourth-order valence-corrected chi connectivity index (χ4v) is 2.95. The van der Waals surface area contributed by atoms with Crippen molar-refractivity contribution in [2.24, 2.45) is 10.8 Å². The van der Waals surface area contributed by atoms with Gasteiger partial charge in [-0.05, 0) is 31.6 Å². The largest absolute Gasteiger partial charge is 0.463 e. The summed E-state index contributed by atoms with van der Waals surface area (Å²) in [6.07, 6.45) is 6.15. The number of carbonyl (C=O) groups excluding carboxylic acids is 1. The molecule has 0 bridgehead atoms. The molecule has 0 rings (SSSR count). The zero-order valence-corrected chi connectivity index (χ0v) is 13.4. The molecule has 114 valence electrons. The van der Waals surface area contributed by atoms with E-state index in [-0.39, 0.29) is 24.6 Å². The molecule has 19 heavy (non-hydrogen) atoms. The summed E-state index contributed by atoms with van der Waals surface area (Å²) in [6, 6.07) is 0. The summed E-state index contributed by atoms with van der Waals surface area (Å²) in [7, 11) is 0. The molecule has 0 aromatic rings. The Bertz CT molecular complexity index is 259. The van der Waals surface area contributed by atoms with Crippen LogP contribution in [0.25, 0.3) is 0 Å². The highest BCUT2D eigenvalue weighted by Gasteiger charge is 2.40. The highest BCUT2D eigenvalue weighted by molar-refractivity contribution is 5.76. The lowest BCUT2D eigenvalue weighted by molar-refractivity contribution is -0.158. The van der Waals surface area contributed by atoms with E-state index in [1.165, 1.54) is 0 Å². The van der Waals surface area contributed by atoms with Crippen molar-refractivity contribution >= 4 is 5.97 Å². The van der Waals surface area contributed by atoms with Gasteiger partial charge in [-0.1, -0.05) is 47.0 Å². The third-order valence-corrected chi connectivity index (χ3v) is 4.64. The molecule has 0 aliphatic rings. The molecular weight excluding hydrogens is 240 g/mol. The van der Waals surface area contributed by atoms with Gasteiger partial charge in [0, 0.05) is 0 Å². The zero-order valence-electron chi connectivity index (χ0n) is 13.4. The lowest BCUT2D eigenvalue weighted by atomic mass is 9.66. The SMILES string of the molecule is CCCC(CC)(CC)CC(C)(CC)C(=O)OCCO. The first-order valence-electron chi connectivity index (χ1n) is 7.71. The van der Waals surface area contributed by atoms with Crippen LogP contribution in [-0.2, 0) is 9.53 Å². The monoisotopic (exact) mass is 272 g/mol. The van der Waals surface area contributed by atoms with Gasteiger partial charge in [0.05, 0.1) is 12.0 Å². The third-order valence-electron chi connectivity index (χ3n) is 4.64. The Morgan fingerprint density at radius 1 is 1.11 bits per heavy atom. The van der Waals surface area contributed by atoms with Crippen LogP contribution in [0.1, 0.15) is 73.1 Å². The predicted octanol–water partition coefficient (Wildman–Crippen LogP) is 3.93. The Morgan fingerprint density at radius 2 is 1.68 bits per heavy atom. The molecule has 0 radical (unpaired) electrons. The number of rotatable bonds is 10. The maximum absolute atomic E-state index is 12.2. The van der Waals surface area contributed by atoms with Gasteiger partial charge >= 0.3 is 5.97 Å². The number of ether oxygens (including phenoxy) is 1. The van der Waals surface area contributed by atoms with Crippen molar-refractivity contribution in [2.45, 2.75) is 73.1 Å². The summed E-state index contributed by atoms with van der Waals surface area (Å²) in [5.74, 6) is -0.161. The lowest BCUT2D eigenvalue weighted by Crippen LogP contribution is -2.36. The Morgan fingerprint density at radius 3 is 2.05 bits per heavy atom. The molecule has 0 aliphatic heterocycles. The number of aliphatic hydroxyl groups excluding tert-OH is 1. The molecule has 0 saturated carbocycles. The van der Waals surface area contributed by atoms with Crippen LogP contribution in [0.2, 0.25) is 0 Å². The standard InChI is InChI=1S/C16H32O3/c1-6-10-16(8-3,9-4)13-15(5,7-2)14(18)19-12-11-17/h17H,6-13H2,1-5H3. The van der Waals surface area contributed by atoms with Crippen molar-refractivity contribution in [2.75, 3.05) is 13.2 Å². The number of carbonyl (C=O) groups is 1. The van der Waals surface area contributed by atoms with Crippen LogP contribution in [0.4, 0.5) is 0 Å². The molecule has 1 unspecified atom stereocenters. The highest BCUT2D eigenvalue weighted by atomic mass is 16.5. The highest BCUT2D eigenvalue weighted by Crippen LogP contribution is 2.45. The van der Waals surface area contributed by atoms with Gasteiger partial charge in [0.25, 0.3) is 0 Å². The molecule has 3 nitrogen and oxygen atoms in total. The Kier molecular flexibility index (Phi) is 8.31. The summed E-state index contributed by atoms with van der Waals surface area (Å²) in [5.41, 5.74) is -0.200. The van der Waals surface area contributed by atoms with E-state index in [1.807, 2.05) is 13.8 Å². The number of hydrogen-bond donors (Lipinski definition) is 1. The topological polar surface area (TPSA) is 46.5 Å². The molecule has 0 amide bonds. The number of aliphatic hydroxyl groups is 1. The molecule has 1 N–H and O–H groups in total. The molecule has 0 heterocycles. The van der Waals surface area contributed by atoms with E-state index in [4.69, 9.17) is 9.84 Å². The lowest BCUT2D eigenvalue weighted by Gasteiger charge is -2.39. The van der Waals surface area contributed by atoms with E-state index >= 15 is 0 Å². The van der Waals surface area contributed by atoms with E-state index in [9.17, 15) is 4.79 Å². The Labute approximate surface area is 118 Å². The van der Waals surface area contributed by atoms with E-state index < -0.39 is 5.41 Å². The molecule has 3 heteroatoms. The molecular formula is C16H32O3. The van der Waals surface area contributed by atoms with Gasteiger partial charge in [-0.3, -0.25) is 4.79 Å². The van der Waals surface area contributed by atoms with Crippen molar-refractivity contribution in [1.82, 2.24) is 0 Å². The van der Waals surface area contributed by atoms with E-state index in [1.54, 1.807) is 0 Å². The van der Waals surface area contributed by atoms with Crippen LogP contribution < -0.4 is 0 Å². The van der Waals surface area contributed by atoms with Crippen molar-refractivity contribution in [3.8, 4) is 0 Å². The summed E-state index contributed by atoms with van der Waals surface area (Å²) < 4.78 is 5.17. The first kappa shape index (κ1) is 18.4. The molecule has 0 aromatic heterocycles. The Hall–Kier alpha value is -0.570. The van der Waals surface area contributed by atoms with Crippen molar-refractivity contribution in [1.29, 1.82) is 0 Å². The quantitative estimate of drug-likeness (QED) is 0.613. The summed E-state index contributed by atoms with van der Waals surface area (Å²) in [6.45, 7) is 10.7. The van der Waals surface area contributed by atoms with Gasteiger partial charge in [0.2, 0.25) is 0 Å². The van der Waals surface area contributed by atoms with Gasteiger partial charge in [-0.15, -0.1) is 0 Å². The maximum atomic E-state index is 12.2. The summed E-state index contributed by atoms with van der Waals surface area (Å²) in [5, 5.41) is 8.79. The van der Waals surface area contributed by atoms with Crippen LogP contribution in [0, 0.1) is 10.8 Å². The van der Waals surface area contributed by atoms with Crippen molar-refractivity contribution < 1.29 is 14.6 Å². The van der Waals surface area contributed by atoms with Gasteiger partial charge in [0.15, 0.2) is 0 Å². The molecule has 0 aliphatic carbocycles. The first-order valence-corrected chi connectivity index (χ1v) is 7.71. The van der Waals surface area contributed by atoms with Gasteiger partial charge in [-0.2, -0.15) is 0 Å². The maximum Gasteiger partial charge on any atom is 0.311 e. The fraction of sp³-hybridized carbons (Fsp3) is 0.938. The molecule has 0 aromatic carbocycles. The number of hydrogen-bond acceptors (Lipinski definition) is 3. The van der Waals surface area contributed by atoms with Crippen LogP contribution >= 0.6 is 0 Å². The van der Waals surface area contributed by atoms with Gasteiger partial charge in [-0.25, -0.2) is 0 Å². The van der Waals surface area contributed by atoms with Crippen LogP contribution in [0.15, 0.2) is 0 Å². The van der Waals surface area contributed by atoms with Crippen molar-refractivity contribution in [3.63, 3.8) is 0 Å². The first-order chi connectivity index (χ1) is 8.93. The van der Waals surface area contributed by atoms with E-state index in [2.05, 4.69) is 20.8 Å². The fourth-order valence-electron chi connectivity index (χ4n) is 2.95. The average Bonchev–Trinajstić information content (AvgIpc) is 2.43. The van der Waals surface area contributed by atoms with Crippen LogP contribution in [-0.4, -0.2) is 24.3 Å². The van der Waals surface area contributed by atoms with Gasteiger partial charge in [0.1, 0.15) is 6.61 Å². The average molecular weight is 272 g/mol. The smallest absolute Gasteiger partial charge is 0.311 e. The second-order valence-electron chi connectivity index (χ2n) is 5.91. The minimum absolute atomic E-state index is 0.104. The van der Waals surface area contributed by atoms with Crippen LogP contribution in [0.5, 0.6) is 0 Å². The molecule has 1 atom stereocenters.